The van der Waals surface area contributed by atoms with E-state index in [2.05, 4.69) is 26.7 Å². The Kier molecular flexibility index (Phi) is 3.98. The van der Waals surface area contributed by atoms with Crippen molar-refractivity contribution in [2.45, 2.75) is 25.5 Å². The van der Waals surface area contributed by atoms with E-state index in [4.69, 9.17) is 5.73 Å². The highest BCUT2D eigenvalue weighted by Crippen LogP contribution is 2.25. The first-order valence-electron chi connectivity index (χ1n) is 6.33. The molecule has 1 aromatic heterocycles. The van der Waals surface area contributed by atoms with E-state index in [0.717, 1.165) is 18.2 Å². The predicted molar refractivity (Wildman–Crippen MR) is 71.8 cm³/mol. The van der Waals surface area contributed by atoms with Crippen LogP contribution in [0.4, 0.5) is 11.6 Å². The highest BCUT2D eigenvalue weighted by Gasteiger charge is 2.31. The van der Waals surface area contributed by atoms with Crippen LogP contribution in [-0.4, -0.2) is 53.9 Å². The molecule has 1 aliphatic rings. The number of nitrogens with two attached hydrogens (primary N) is 1. The van der Waals surface area contributed by atoms with Gasteiger partial charge in [-0.3, -0.25) is 0 Å². The van der Waals surface area contributed by atoms with Crippen molar-refractivity contribution in [3.05, 3.63) is 12.4 Å². The molecule has 0 radical (unpaired) electrons. The van der Waals surface area contributed by atoms with Crippen LogP contribution in [0.1, 0.15) is 13.3 Å². The van der Waals surface area contributed by atoms with Gasteiger partial charge in [0, 0.05) is 38.8 Å². The summed E-state index contributed by atoms with van der Waals surface area (Å²) in [5.74, 6) is 1.73. The number of hydrogen-bond acceptors (Lipinski definition) is 6. The molecule has 0 aliphatic carbocycles. The average molecular weight is 251 g/mol. The monoisotopic (exact) mass is 251 g/mol. The minimum atomic E-state index is -0.319. The van der Waals surface area contributed by atoms with Gasteiger partial charge in [0.1, 0.15) is 18.0 Å². The number of aliphatic hydroxyl groups is 1. The summed E-state index contributed by atoms with van der Waals surface area (Å²) in [6, 6.07) is 2.11. The van der Waals surface area contributed by atoms with Crippen LogP contribution in [0.2, 0.25) is 0 Å². The number of anilines is 2. The van der Waals surface area contributed by atoms with E-state index in [1.165, 1.54) is 0 Å². The predicted octanol–water partition coefficient (Wildman–Crippen LogP) is -0.169. The number of aromatic nitrogens is 2. The maximum atomic E-state index is 9.74. The SMILES string of the molecule is CCN(C)c1cc(N2C[C@H](O)C[C@@H]2CN)ncn1. The van der Waals surface area contributed by atoms with E-state index >= 15 is 0 Å². The second kappa shape index (κ2) is 5.49. The normalized spacial score (nSPS) is 23.4. The van der Waals surface area contributed by atoms with Crippen molar-refractivity contribution in [3.8, 4) is 0 Å². The van der Waals surface area contributed by atoms with Crippen molar-refractivity contribution in [1.29, 1.82) is 0 Å². The highest BCUT2D eigenvalue weighted by atomic mass is 16.3. The Labute approximate surface area is 107 Å². The molecular formula is C12H21N5O. The van der Waals surface area contributed by atoms with Crippen molar-refractivity contribution in [2.75, 3.05) is 36.5 Å². The van der Waals surface area contributed by atoms with Crippen LogP contribution < -0.4 is 15.5 Å². The van der Waals surface area contributed by atoms with Gasteiger partial charge in [-0.1, -0.05) is 0 Å². The van der Waals surface area contributed by atoms with E-state index in [0.29, 0.717) is 19.5 Å². The molecule has 0 saturated carbocycles. The first-order chi connectivity index (χ1) is 8.65. The van der Waals surface area contributed by atoms with Crippen molar-refractivity contribution in [2.24, 2.45) is 5.73 Å². The molecule has 1 fully saturated rings. The molecule has 3 N–H and O–H groups in total. The van der Waals surface area contributed by atoms with Gasteiger partial charge in [0.15, 0.2) is 0 Å². The van der Waals surface area contributed by atoms with E-state index in [-0.39, 0.29) is 12.1 Å². The fourth-order valence-corrected chi connectivity index (χ4v) is 2.26. The smallest absolute Gasteiger partial charge is 0.134 e. The molecule has 1 saturated heterocycles. The highest BCUT2D eigenvalue weighted by molar-refractivity contribution is 5.51. The third-order valence-electron chi connectivity index (χ3n) is 3.46. The first kappa shape index (κ1) is 13.0. The summed E-state index contributed by atoms with van der Waals surface area (Å²) in [6.45, 7) is 4.08. The molecule has 0 unspecified atom stereocenters. The molecular weight excluding hydrogens is 230 g/mol. The zero-order valence-electron chi connectivity index (χ0n) is 11.0. The average Bonchev–Trinajstić information content (AvgIpc) is 2.79. The third kappa shape index (κ3) is 2.54. The van der Waals surface area contributed by atoms with Crippen LogP contribution >= 0.6 is 0 Å². The molecule has 100 valence electrons. The van der Waals surface area contributed by atoms with Crippen LogP contribution in [0.5, 0.6) is 0 Å². The Balaban J connectivity index is 2.22. The molecule has 6 heteroatoms. The summed E-state index contributed by atoms with van der Waals surface area (Å²) in [5, 5.41) is 9.74. The topological polar surface area (TPSA) is 78.5 Å². The fraction of sp³-hybridized carbons (Fsp3) is 0.667. The lowest BCUT2D eigenvalue weighted by Gasteiger charge is -2.25. The minimum absolute atomic E-state index is 0.162. The van der Waals surface area contributed by atoms with Gasteiger partial charge in [0.25, 0.3) is 0 Å². The van der Waals surface area contributed by atoms with Gasteiger partial charge in [0.2, 0.25) is 0 Å². The third-order valence-corrected chi connectivity index (χ3v) is 3.46. The summed E-state index contributed by atoms with van der Waals surface area (Å²) >= 11 is 0. The van der Waals surface area contributed by atoms with Gasteiger partial charge < -0.3 is 20.6 Å². The van der Waals surface area contributed by atoms with Gasteiger partial charge >= 0.3 is 0 Å². The Hall–Kier alpha value is -1.40. The molecule has 2 heterocycles. The standard InChI is InChI=1S/C12H21N5O/c1-3-16(2)11-5-12(15-8-14-11)17-7-10(18)4-9(17)6-13/h5,8-10,18H,3-4,6-7,13H2,1-2H3/t9-,10-/m1/s1. The van der Waals surface area contributed by atoms with Crippen LogP contribution in [0, 0.1) is 0 Å². The Morgan fingerprint density at radius 2 is 2.33 bits per heavy atom. The summed E-state index contributed by atoms with van der Waals surface area (Å²) in [7, 11) is 1.99. The molecule has 2 atom stereocenters. The second-order valence-corrected chi connectivity index (χ2v) is 4.68. The zero-order chi connectivity index (χ0) is 13.1. The largest absolute Gasteiger partial charge is 0.391 e. The van der Waals surface area contributed by atoms with Crippen molar-refractivity contribution in [1.82, 2.24) is 9.97 Å². The number of rotatable bonds is 4. The van der Waals surface area contributed by atoms with Gasteiger partial charge in [0.05, 0.1) is 6.10 Å². The lowest BCUT2D eigenvalue weighted by atomic mass is 10.2. The number of aliphatic hydroxyl groups excluding tert-OH is 1. The van der Waals surface area contributed by atoms with Crippen LogP contribution in [0.3, 0.4) is 0 Å². The van der Waals surface area contributed by atoms with Crippen molar-refractivity contribution >= 4 is 11.6 Å². The summed E-state index contributed by atoms with van der Waals surface area (Å²) in [5.41, 5.74) is 5.74. The molecule has 0 amide bonds. The van der Waals surface area contributed by atoms with E-state index < -0.39 is 0 Å². The lowest BCUT2D eigenvalue weighted by molar-refractivity contribution is 0.194. The van der Waals surface area contributed by atoms with Crippen molar-refractivity contribution in [3.63, 3.8) is 0 Å². The molecule has 18 heavy (non-hydrogen) atoms. The maximum Gasteiger partial charge on any atom is 0.134 e. The first-order valence-corrected chi connectivity index (χ1v) is 6.33. The quantitative estimate of drug-likeness (QED) is 0.773. The Morgan fingerprint density at radius 3 is 3.00 bits per heavy atom. The van der Waals surface area contributed by atoms with Gasteiger partial charge in [-0.2, -0.15) is 0 Å². The lowest BCUT2D eigenvalue weighted by Crippen LogP contribution is -2.36. The maximum absolute atomic E-state index is 9.74. The fourth-order valence-electron chi connectivity index (χ4n) is 2.26. The van der Waals surface area contributed by atoms with Gasteiger partial charge in [-0.15, -0.1) is 0 Å². The number of nitrogens with zero attached hydrogens (tertiary/aromatic N) is 4. The molecule has 2 rings (SSSR count). The molecule has 1 aromatic rings. The minimum Gasteiger partial charge on any atom is -0.391 e. The molecule has 0 aromatic carbocycles. The number of hydrogen-bond donors (Lipinski definition) is 2. The number of β-amino-alcohol motifs (C(OH)–C–C–N with tert-alkyl or cyclic N) is 1. The van der Waals surface area contributed by atoms with E-state index in [9.17, 15) is 5.11 Å². The Morgan fingerprint density at radius 1 is 1.56 bits per heavy atom. The molecule has 0 spiro atoms. The molecule has 0 bridgehead atoms. The molecule has 1 aliphatic heterocycles. The molecule has 6 nitrogen and oxygen atoms in total. The summed E-state index contributed by atoms with van der Waals surface area (Å²) in [4.78, 5) is 12.7. The van der Waals surface area contributed by atoms with Crippen molar-refractivity contribution < 1.29 is 5.11 Å². The zero-order valence-corrected chi connectivity index (χ0v) is 11.0. The van der Waals surface area contributed by atoms with Gasteiger partial charge in [-0.05, 0) is 13.3 Å². The van der Waals surface area contributed by atoms with Gasteiger partial charge in [-0.25, -0.2) is 9.97 Å². The summed E-state index contributed by atoms with van der Waals surface area (Å²) < 4.78 is 0. The van der Waals surface area contributed by atoms with E-state index in [1.807, 2.05) is 13.1 Å². The van der Waals surface area contributed by atoms with Crippen LogP contribution in [-0.2, 0) is 0 Å². The Bertz CT molecular complexity index is 400. The van der Waals surface area contributed by atoms with Crippen LogP contribution in [0.15, 0.2) is 12.4 Å². The second-order valence-electron chi connectivity index (χ2n) is 4.68. The van der Waals surface area contributed by atoms with E-state index in [1.54, 1.807) is 6.33 Å². The summed E-state index contributed by atoms with van der Waals surface area (Å²) in [6.07, 6.45) is 1.95. The van der Waals surface area contributed by atoms with Crippen LogP contribution in [0.25, 0.3) is 0 Å².